The molecule has 0 saturated carbocycles. The Morgan fingerprint density at radius 2 is 1.54 bits per heavy atom. The number of hydroxylamine groups is 2. The zero-order valence-electron chi connectivity index (χ0n) is 14.9. The summed E-state index contributed by atoms with van der Waals surface area (Å²) in [6, 6.07) is 15.8. The van der Waals surface area contributed by atoms with E-state index in [4.69, 9.17) is 9.57 Å². The highest BCUT2D eigenvalue weighted by atomic mass is 16.7. The number of hydrogen-bond acceptors (Lipinski definition) is 6. The van der Waals surface area contributed by atoms with Gasteiger partial charge >= 0.3 is 12.1 Å². The monoisotopic (exact) mass is 382 g/mol. The molecule has 0 bridgehead atoms. The van der Waals surface area contributed by atoms with Crippen LogP contribution in [0.4, 0.5) is 10.5 Å². The summed E-state index contributed by atoms with van der Waals surface area (Å²) < 4.78 is 5.13. The molecule has 1 heterocycles. The van der Waals surface area contributed by atoms with Gasteiger partial charge in [0.2, 0.25) is 0 Å². The molecular formula is C20H18N2O6. The first-order valence-electron chi connectivity index (χ1n) is 8.64. The first kappa shape index (κ1) is 19.1. The van der Waals surface area contributed by atoms with E-state index in [1.807, 2.05) is 30.3 Å². The van der Waals surface area contributed by atoms with Gasteiger partial charge in [0.05, 0.1) is 6.42 Å². The molecule has 8 heteroatoms. The molecule has 0 atom stereocenters. The van der Waals surface area contributed by atoms with Gasteiger partial charge in [-0.25, -0.2) is 9.59 Å². The van der Waals surface area contributed by atoms with E-state index in [-0.39, 0.29) is 25.9 Å². The summed E-state index contributed by atoms with van der Waals surface area (Å²) in [6.07, 6.45) is -0.614. The fraction of sp³-hybridized carbons (Fsp3) is 0.200. The lowest BCUT2D eigenvalue weighted by Gasteiger charge is -2.12. The Morgan fingerprint density at radius 3 is 2.18 bits per heavy atom. The molecule has 3 rings (SSSR count). The van der Waals surface area contributed by atoms with Crippen molar-refractivity contribution < 1.29 is 28.8 Å². The Bertz CT molecular complexity index is 863. The van der Waals surface area contributed by atoms with Crippen molar-refractivity contribution in [1.82, 2.24) is 5.06 Å². The van der Waals surface area contributed by atoms with Gasteiger partial charge < -0.3 is 9.57 Å². The lowest BCUT2D eigenvalue weighted by Crippen LogP contribution is -2.32. The summed E-state index contributed by atoms with van der Waals surface area (Å²) in [7, 11) is 0. The molecule has 2 aromatic rings. The molecule has 28 heavy (non-hydrogen) atoms. The van der Waals surface area contributed by atoms with Gasteiger partial charge in [-0.2, -0.15) is 0 Å². The predicted octanol–water partition coefficient (Wildman–Crippen LogP) is 2.59. The van der Waals surface area contributed by atoms with Crippen LogP contribution in [0.1, 0.15) is 24.0 Å². The van der Waals surface area contributed by atoms with E-state index in [0.29, 0.717) is 16.3 Å². The second-order valence-electron chi connectivity index (χ2n) is 6.11. The SMILES string of the molecule is O=C(Cc1ccc(NC(=O)OCc2ccccc2)cc1)ON1C(=O)CCC1=O. The summed E-state index contributed by atoms with van der Waals surface area (Å²) in [4.78, 5) is 51.4. The van der Waals surface area contributed by atoms with E-state index < -0.39 is 23.9 Å². The van der Waals surface area contributed by atoms with Crippen LogP contribution in [0.5, 0.6) is 0 Å². The van der Waals surface area contributed by atoms with E-state index in [0.717, 1.165) is 5.56 Å². The maximum atomic E-state index is 11.9. The van der Waals surface area contributed by atoms with Gasteiger partial charge in [0.1, 0.15) is 6.61 Å². The molecule has 0 spiro atoms. The number of nitrogens with one attached hydrogen (secondary N) is 1. The maximum Gasteiger partial charge on any atom is 0.411 e. The number of benzene rings is 2. The van der Waals surface area contributed by atoms with Crippen molar-refractivity contribution in [2.75, 3.05) is 5.32 Å². The molecule has 0 unspecified atom stereocenters. The molecule has 144 valence electrons. The lowest BCUT2D eigenvalue weighted by atomic mass is 10.1. The largest absolute Gasteiger partial charge is 0.444 e. The third kappa shape index (κ3) is 5.16. The van der Waals surface area contributed by atoms with E-state index >= 15 is 0 Å². The van der Waals surface area contributed by atoms with Crippen LogP contribution >= 0.6 is 0 Å². The molecule has 1 aliphatic rings. The van der Waals surface area contributed by atoms with Gasteiger partial charge in [-0.3, -0.25) is 14.9 Å². The minimum atomic E-state index is -0.716. The Labute approximate surface area is 161 Å². The van der Waals surface area contributed by atoms with E-state index in [2.05, 4.69) is 5.32 Å². The van der Waals surface area contributed by atoms with Crippen molar-refractivity contribution in [3.8, 4) is 0 Å². The van der Waals surface area contributed by atoms with Crippen LogP contribution in [0.25, 0.3) is 0 Å². The topological polar surface area (TPSA) is 102 Å². The first-order valence-corrected chi connectivity index (χ1v) is 8.64. The number of imide groups is 1. The zero-order chi connectivity index (χ0) is 19.9. The van der Waals surface area contributed by atoms with Crippen molar-refractivity contribution in [2.24, 2.45) is 0 Å². The molecule has 1 aliphatic heterocycles. The quantitative estimate of drug-likeness (QED) is 0.771. The van der Waals surface area contributed by atoms with Gasteiger partial charge in [-0.1, -0.05) is 42.5 Å². The van der Waals surface area contributed by atoms with Crippen molar-refractivity contribution in [1.29, 1.82) is 0 Å². The highest BCUT2D eigenvalue weighted by molar-refractivity contribution is 6.01. The van der Waals surface area contributed by atoms with Crippen LogP contribution in [0.3, 0.4) is 0 Å². The smallest absolute Gasteiger partial charge is 0.411 e. The predicted molar refractivity (Wildman–Crippen MR) is 97.6 cm³/mol. The molecule has 1 saturated heterocycles. The Balaban J connectivity index is 1.46. The Hall–Kier alpha value is -3.68. The molecular weight excluding hydrogens is 364 g/mol. The average Bonchev–Trinajstić information content (AvgIpc) is 3.01. The molecule has 1 N–H and O–H groups in total. The molecule has 0 aromatic heterocycles. The molecule has 0 aliphatic carbocycles. The Kier molecular flexibility index (Phi) is 6.01. The number of anilines is 1. The van der Waals surface area contributed by atoms with Gasteiger partial charge in [-0.15, -0.1) is 5.06 Å². The minimum Gasteiger partial charge on any atom is -0.444 e. The lowest BCUT2D eigenvalue weighted by molar-refractivity contribution is -0.197. The highest BCUT2D eigenvalue weighted by Crippen LogP contribution is 2.15. The molecule has 2 aromatic carbocycles. The average molecular weight is 382 g/mol. The van der Waals surface area contributed by atoms with Crippen LogP contribution in [0.2, 0.25) is 0 Å². The van der Waals surface area contributed by atoms with Crippen LogP contribution < -0.4 is 5.32 Å². The van der Waals surface area contributed by atoms with Crippen LogP contribution in [0.15, 0.2) is 54.6 Å². The summed E-state index contributed by atoms with van der Waals surface area (Å²) >= 11 is 0. The van der Waals surface area contributed by atoms with Crippen LogP contribution in [0, 0.1) is 0 Å². The number of carbonyl (C=O) groups excluding carboxylic acids is 4. The van der Waals surface area contributed by atoms with Crippen molar-refractivity contribution in [2.45, 2.75) is 25.9 Å². The summed E-state index contributed by atoms with van der Waals surface area (Å²) in [6.45, 7) is 0.157. The zero-order valence-corrected chi connectivity index (χ0v) is 14.9. The third-order valence-corrected chi connectivity index (χ3v) is 3.96. The summed E-state index contributed by atoms with van der Waals surface area (Å²) in [5, 5.41) is 3.10. The number of rotatable bonds is 6. The van der Waals surface area contributed by atoms with Crippen molar-refractivity contribution in [3.05, 3.63) is 65.7 Å². The van der Waals surface area contributed by atoms with E-state index in [9.17, 15) is 19.2 Å². The summed E-state index contributed by atoms with van der Waals surface area (Å²) in [5.74, 6) is -1.76. The summed E-state index contributed by atoms with van der Waals surface area (Å²) in [5.41, 5.74) is 1.98. The number of amides is 3. The van der Waals surface area contributed by atoms with Gasteiger partial charge in [-0.05, 0) is 23.3 Å². The number of carbonyl (C=O) groups is 4. The molecule has 3 amide bonds. The normalized spacial score (nSPS) is 13.4. The van der Waals surface area contributed by atoms with E-state index in [1.54, 1.807) is 24.3 Å². The van der Waals surface area contributed by atoms with Gasteiger partial charge in [0, 0.05) is 18.5 Å². The first-order chi connectivity index (χ1) is 13.5. The van der Waals surface area contributed by atoms with Crippen LogP contribution in [-0.4, -0.2) is 28.9 Å². The standard InChI is InChI=1S/C20H18N2O6/c23-17-10-11-18(24)22(17)28-19(25)12-14-6-8-16(9-7-14)21-20(26)27-13-15-4-2-1-3-5-15/h1-9H,10-13H2,(H,21,26). The number of ether oxygens (including phenoxy) is 1. The third-order valence-electron chi connectivity index (χ3n) is 3.96. The molecule has 0 radical (unpaired) electrons. The fourth-order valence-corrected chi connectivity index (χ4v) is 2.54. The van der Waals surface area contributed by atoms with Crippen LogP contribution in [-0.2, 0) is 37.0 Å². The minimum absolute atomic E-state index is 0.0485. The Morgan fingerprint density at radius 1 is 0.893 bits per heavy atom. The highest BCUT2D eigenvalue weighted by Gasteiger charge is 2.32. The second kappa shape index (κ2) is 8.81. The number of hydrogen-bond donors (Lipinski definition) is 1. The second-order valence-corrected chi connectivity index (χ2v) is 6.11. The van der Waals surface area contributed by atoms with Crippen molar-refractivity contribution in [3.63, 3.8) is 0 Å². The fourth-order valence-electron chi connectivity index (χ4n) is 2.54. The van der Waals surface area contributed by atoms with E-state index in [1.165, 1.54) is 0 Å². The number of nitrogens with zero attached hydrogens (tertiary/aromatic N) is 1. The van der Waals surface area contributed by atoms with Crippen molar-refractivity contribution >= 4 is 29.6 Å². The molecule has 1 fully saturated rings. The van der Waals surface area contributed by atoms with Gasteiger partial charge in [0.15, 0.2) is 0 Å². The van der Waals surface area contributed by atoms with Gasteiger partial charge in [0.25, 0.3) is 11.8 Å². The molecule has 8 nitrogen and oxygen atoms in total. The maximum absolute atomic E-state index is 11.9.